The number of hydrogen-bond donors (Lipinski definition) is 1. The van der Waals surface area contributed by atoms with Crippen LogP contribution in [0, 0.1) is 0 Å². The molecule has 2 aromatic carbocycles. The lowest BCUT2D eigenvalue weighted by Gasteiger charge is -2.09. The van der Waals surface area contributed by atoms with Crippen LogP contribution in [-0.4, -0.2) is 25.1 Å². The molecule has 0 radical (unpaired) electrons. The Hall–Kier alpha value is -3.08. The summed E-state index contributed by atoms with van der Waals surface area (Å²) in [7, 11) is 3.03. The van der Waals surface area contributed by atoms with E-state index >= 15 is 0 Å². The predicted octanol–water partition coefficient (Wildman–Crippen LogP) is 2.67. The van der Waals surface area contributed by atoms with Crippen LogP contribution in [0.15, 0.2) is 53.3 Å². The Morgan fingerprint density at radius 1 is 1.04 bits per heavy atom. The maximum Gasteiger partial charge on any atom is 0.220 e. The molecule has 0 fully saturated rings. The Kier molecular flexibility index (Phi) is 5.15. The average molecular weight is 312 g/mol. The number of methoxy groups -OCH3 is 2. The van der Waals surface area contributed by atoms with Gasteiger partial charge in [0.15, 0.2) is 23.0 Å². The molecule has 0 aromatic heterocycles. The van der Waals surface area contributed by atoms with E-state index in [9.17, 15) is 14.7 Å². The fourth-order valence-electron chi connectivity index (χ4n) is 2.08. The first-order chi connectivity index (χ1) is 11.1. The molecule has 0 atom stereocenters. The van der Waals surface area contributed by atoms with Crippen LogP contribution in [0.1, 0.15) is 15.9 Å². The van der Waals surface area contributed by atoms with Gasteiger partial charge in [-0.15, -0.1) is 0 Å². The van der Waals surface area contributed by atoms with Gasteiger partial charge >= 0.3 is 0 Å². The van der Waals surface area contributed by atoms with Crippen molar-refractivity contribution in [2.45, 2.75) is 0 Å². The van der Waals surface area contributed by atoms with Crippen molar-refractivity contribution in [3.63, 3.8) is 0 Å². The van der Waals surface area contributed by atoms with Crippen molar-refractivity contribution < 1.29 is 19.4 Å². The molecule has 2 rings (SSSR count). The fourth-order valence-corrected chi connectivity index (χ4v) is 2.08. The number of hydrogen-bond acceptors (Lipinski definition) is 5. The highest BCUT2D eigenvalue weighted by molar-refractivity contribution is 6.08. The number of aromatic hydroxyl groups is 1. The third-order valence-corrected chi connectivity index (χ3v) is 3.22. The van der Waals surface area contributed by atoms with E-state index in [0.717, 1.165) is 0 Å². The van der Waals surface area contributed by atoms with E-state index in [1.165, 1.54) is 44.6 Å². The van der Waals surface area contributed by atoms with Crippen LogP contribution in [0.3, 0.4) is 0 Å². The average Bonchev–Trinajstić information content (AvgIpc) is 2.74. The Balaban J connectivity index is 2.39. The lowest BCUT2D eigenvalue weighted by Crippen LogP contribution is -2.01. The molecule has 118 valence electrons. The minimum Gasteiger partial charge on any atom is -0.504 e. The summed E-state index contributed by atoms with van der Waals surface area (Å²) < 4.78 is 10.5. The molecule has 0 aliphatic rings. The van der Waals surface area contributed by atoms with Gasteiger partial charge in [0.25, 0.3) is 0 Å². The fraction of sp³-hybridized carbons (Fsp3) is 0.111. The molecule has 1 N–H and O–H groups in total. The molecule has 2 aromatic rings. The molecule has 0 unspecified atom stereocenters. The summed E-state index contributed by atoms with van der Waals surface area (Å²) in [6.45, 7) is 0. The standard InChI is InChI=1S/C18H16O5/c1-22-16-9-5-6-12(18(16)23-2)10-11-14(19)13-7-3-4-8-15(20)17(13)21/h3-11H,1-2H3,(H,20,21)/b11-10+. The van der Waals surface area contributed by atoms with Crippen LogP contribution in [0.25, 0.3) is 6.08 Å². The number of benzene rings is 1. The summed E-state index contributed by atoms with van der Waals surface area (Å²) in [5.74, 6) is -0.0211. The largest absolute Gasteiger partial charge is 0.504 e. The second kappa shape index (κ2) is 7.26. The van der Waals surface area contributed by atoms with Crippen LogP contribution in [-0.2, 0) is 0 Å². The zero-order chi connectivity index (χ0) is 16.8. The Labute approximate surface area is 133 Å². The van der Waals surface area contributed by atoms with Crippen molar-refractivity contribution in [3.05, 3.63) is 69.9 Å². The molecule has 5 heteroatoms. The van der Waals surface area contributed by atoms with Gasteiger partial charge in [-0.05, 0) is 30.4 Å². The normalized spacial score (nSPS) is 10.5. The van der Waals surface area contributed by atoms with E-state index < -0.39 is 17.0 Å². The highest BCUT2D eigenvalue weighted by Gasteiger charge is 2.11. The van der Waals surface area contributed by atoms with E-state index in [0.29, 0.717) is 17.1 Å². The van der Waals surface area contributed by atoms with Crippen molar-refractivity contribution in [3.8, 4) is 17.2 Å². The molecule has 0 aliphatic heterocycles. The van der Waals surface area contributed by atoms with Gasteiger partial charge in [-0.3, -0.25) is 9.59 Å². The SMILES string of the molecule is COc1cccc(/C=C/C(=O)c2ccccc(=O)c2O)c1OC. The number of rotatable bonds is 5. The number of allylic oxidation sites excluding steroid dienone is 1. The number of carbonyl (C=O) groups excluding carboxylic acids is 1. The van der Waals surface area contributed by atoms with Crippen molar-refractivity contribution in [1.82, 2.24) is 0 Å². The highest BCUT2D eigenvalue weighted by atomic mass is 16.5. The molecule has 0 bridgehead atoms. The van der Waals surface area contributed by atoms with Crippen LogP contribution in [0.4, 0.5) is 0 Å². The molecule has 0 aliphatic carbocycles. The molecule has 5 nitrogen and oxygen atoms in total. The first kappa shape index (κ1) is 16.3. The topological polar surface area (TPSA) is 72.8 Å². The van der Waals surface area contributed by atoms with Gasteiger partial charge in [0.05, 0.1) is 19.8 Å². The van der Waals surface area contributed by atoms with Gasteiger partial charge in [0, 0.05) is 5.56 Å². The lowest BCUT2D eigenvalue weighted by molar-refractivity contribution is 0.104. The number of carbonyl (C=O) groups is 1. The van der Waals surface area contributed by atoms with Crippen molar-refractivity contribution in [1.29, 1.82) is 0 Å². The van der Waals surface area contributed by atoms with Crippen LogP contribution in [0.5, 0.6) is 17.2 Å². The Bertz CT molecular complexity index is 809. The van der Waals surface area contributed by atoms with E-state index in [1.54, 1.807) is 24.3 Å². The zero-order valence-corrected chi connectivity index (χ0v) is 12.8. The van der Waals surface area contributed by atoms with Crippen LogP contribution >= 0.6 is 0 Å². The minimum absolute atomic E-state index is 0.0573. The second-order valence-corrected chi connectivity index (χ2v) is 4.63. The first-order valence-corrected chi connectivity index (χ1v) is 6.84. The number of ether oxygens (including phenoxy) is 2. The first-order valence-electron chi connectivity index (χ1n) is 6.84. The molecular formula is C18H16O5. The Morgan fingerprint density at radius 3 is 2.48 bits per heavy atom. The maximum atomic E-state index is 12.2. The van der Waals surface area contributed by atoms with Crippen molar-refractivity contribution in [2.75, 3.05) is 14.2 Å². The third-order valence-electron chi connectivity index (χ3n) is 3.22. The minimum atomic E-state index is -0.606. The molecule has 0 saturated heterocycles. The molecule has 0 spiro atoms. The van der Waals surface area contributed by atoms with Gasteiger partial charge in [-0.25, -0.2) is 0 Å². The monoisotopic (exact) mass is 312 g/mol. The van der Waals surface area contributed by atoms with E-state index in [2.05, 4.69) is 0 Å². The zero-order valence-electron chi connectivity index (χ0n) is 12.8. The third kappa shape index (κ3) is 3.58. The quantitative estimate of drug-likeness (QED) is 0.679. The van der Waals surface area contributed by atoms with Crippen LogP contribution in [0.2, 0.25) is 0 Å². The van der Waals surface area contributed by atoms with Gasteiger partial charge in [0.1, 0.15) is 0 Å². The summed E-state index contributed by atoms with van der Waals surface area (Å²) in [4.78, 5) is 23.8. The lowest BCUT2D eigenvalue weighted by atomic mass is 10.1. The molecule has 0 heterocycles. The predicted molar refractivity (Wildman–Crippen MR) is 87.3 cm³/mol. The maximum absolute atomic E-state index is 12.2. The summed E-state index contributed by atoms with van der Waals surface area (Å²) >= 11 is 0. The molecular weight excluding hydrogens is 296 g/mol. The van der Waals surface area contributed by atoms with E-state index in [4.69, 9.17) is 9.47 Å². The summed E-state index contributed by atoms with van der Waals surface area (Å²) in [5, 5.41) is 9.80. The van der Waals surface area contributed by atoms with Crippen molar-refractivity contribution in [2.24, 2.45) is 0 Å². The van der Waals surface area contributed by atoms with E-state index in [1.807, 2.05) is 0 Å². The Morgan fingerprint density at radius 2 is 1.78 bits per heavy atom. The summed E-state index contributed by atoms with van der Waals surface area (Å²) in [6, 6.07) is 10.8. The molecule has 0 amide bonds. The number of para-hydroxylation sites is 1. The van der Waals surface area contributed by atoms with Gasteiger partial charge in [-0.1, -0.05) is 24.3 Å². The highest BCUT2D eigenvalue weighted by Crippen LogP contribution is 2.31. The molecule has 0 saturated carbocycles. The van der Waals surface area contributed by atoms with Crippen LogP contribution < -0.4 is 14.9 Å². The summed E-state index contributed by atoms with van der Waals surface area (Å²) in [6.07, 6.45) is 2.81. The molecule has 23 heavy (non-hydrogen) atoms. The van der Waals surface area contributed by atoms with Gasteiger partial charge < -0.3 is 14.6 Å². The smallest absolute Gasteiger partial charge is 0.220 e. The second-order valence-electron chi connectivity index (χ2n) is 4.63. The van der Waals surface area contributed by atoms with Gasteiger partial charge in [0.2, 0.25) is 5.43 Å². The number of ketones is 1. The van der Waals surface area contributed by atoms with Crippen molar-refractivity contribution >= 4 is 11.9 Å². The summed E-state index contributed by atoms with van der Waals surface area (Å²) in [5.41, 5.74) is -0.0221. The van der Waals surface area contributed by atoms with E-state index in [-0.39, 0.29) is 5.56 Å². The van der Waals surface area contributed by atoms with Gasteiger partial charge in [-0.2, -0.15) is 0 Å².